The van der Waals surface area contributed by atoms with Crippen LogP contribution in [0.15, 0.2) is 56.7 Å². The van der Waals surface area contributed by atoms with Crippen molar-refractivity contribution in [1.29, 1.82) is 0 Å². The zero-order valence-corrected chi connectivity index (χ0v) is 18.1. The number of sulfone groups is 1. The first-order chi connectivity index (χ1) is 12.6. The summed E-state index contributed by atoms with van der Waals surface area (Å²) in [5.74, 6) is 0.907. The molecule has 1 atom stereocenters. The number of hydrogen-bond acceptors (Lipinski definition) is 5. The molecule has 146 valence electrons. The van der Waals surface area contributed by atoms with E-state index >= 15 is 0 Å². The molecule has 1 aliphatic rings. The molecule has 0 aliphatic heterocycles. The van der Waals surface area contributed by atoms with Gasteiger partial charge in [-0.3, -0.25) is 0 Å². The molecular weight excluding hydrogens is 454 g/mol. The van der Waals surface area contributed by atoms with Crippen molar-refractivity contribution in [2.75, 3.05) is 13.4 Å². The second kappa shape index (κ2) is 7.54. The van der Waals surface area contributed by atoms with Gasteiger partial charge in [0.2, 0.25) is 10.0 Å². The molecule has 0 saturated heterocycles. The van der Waals surface area contributed by atoms with Crippen LogP contribution < -0.4 is 9.46 Å². The van der Waals surface area contributed by atoms with Crippen LogP contribution in [-0.4, -0.2) is 30.2 Å². The third kappa shape index (κ3) is 4.71. The summed E-state index contributed by atoms with van der Waals surface area (Å²) in [5, 5.41) is 0. The SMILES string of the molecule is COc1ccc(C(NS(=O)(=O)c2cc(S(C)(=O)=O)ccc2Br)C2CC2)cc1. The van der Waals surface area contributed by atoms with E-state index in [9.17, 15) is 16.8 Å². The fourth-order valence-electron chi connectivity index (χ4n) is 2.83. The van der Waals surface area contributed by atoms with Gasteiger partial charge in [-0.1, -0.05) is 12.1 Å². The Bertz CT molecular complexity index is 1050. The summed E-state index contributed by atoms with van der Waals surface area (Å²) in [4.78, 5) is -0.136. The first-order valence-electron chi connectivity index (χ1n) is 8.28. The number of nitrogens with one attached hydrogen (secondary N) is 1. The van der Waals surface area contributed by atoms with E-state index in [-0.39, 0.29) is 21.8 Å². The number of benzene rings is 2. The number of ether oxygens (including phenoxy) is 1. The monoisotopic (exact) mass is 473 g/mol. The molecule has 2 aromatic rings. The molecule has 27 heavy (non-hydrogen) atoms. The summed E-state index contributed by atoms with van der Waals surface area (Å²) < 4.78 is 57.8. The maximum Gasteiger partial charge on any atom is 0.242 e. The van der Waals surface area contributed by atoms with Crippen molar-refractivity contribution in [2.24, 2.45) is 5.92 Å². The molecule has 3 rings (SSSR count). The highest BCUT2D eigenvalue weighted by molar-refractivity contribution is 9.10. The molecule has 0 amide bonds. The Morgan fingerprint density at radius 2 is 1.70 bits per heavy atom. The Labute approximate surface area is 168 Å². The summed E-state index contributed by atoms with van der Waals surface area (Å²) in [6.07, 6.45) is 2.91. The van der Waals surface area contributed by atoms with Crippen LogP contribution >= 0.6 is 15.9 Å². The van der Waals surface area contributed by atoms with E-state index in [0.29, 0.717) is 10.2 Å². The highest BCUT2D eigenvalue weighted by Crippen LogP contribution is 2.42. The van der Waals surface area contributed by atoms with E-state index in [2.05, 4.69) is 20.7 Å². The van der Waals surface area contributed by atoms with Gasteiger partial charge in [0.25, 0.3) is 0 Å². The van der Waals surface area contributed by atoms with E-state index in [1.54, 1.807) is 19.2 Å². The zero-order valence-electron chi connectivity index (χ0n) is 14.8. The van der Waals surface area contributed by atoms with E-state index in [1.807, 2.05) is 12.1 Å². The average Bonchev–Trinajstić information content (AvgIpc) is 3.44. The van der Waals surface area contributed by atoms with Crippen molar-refractivity contribution in [2.45, 2.75) is 28.7 Å². The molecule has 0 radical (unpaired) electrons. The van der Waals surface area contributed by atoms with Gasteiger partial charge >= 0.3 is 0 Å². The van der Waals surface area contributed by atoms with Gasteiger partial charge < -0.3 is 4.74 Å². The molecule has 9 heteroatoms. The molecule has 1 unspecified atom stereocenters. The van der Waals surface area contributed by atoms with Gasteiger partial charge in [-0.05, 0) is 70.6 Å². The first kappa shape index (κ1) is 20.3. The molecule has 0 heterocycles. The van der Waals surface area contributed by atoms with Crippen LogP contribution in [-0.2, 0) is 19.9 Å². The summed E-state index contributed by atoms with van der Waals surface area (Å²) in [6, 6.07) is 10.9. The van der Waals surface area contributed by atoms with Crippen molar-refractivity contribution in [3.05, 3.63) is 52.5 Å². The molecule has 1 fully saturated rings. The lowest BCUT2D eigenvalue weighted by molar-refractivity contribution is 0.414. The molecule has 1 N–H and O–H groups in total. The highest BCUT2D eigenvalue weighted by atomic mass is 79.9. The van der Waals surface area contributed by atoms with Crippen molar-refractivity contribution in [3.63, 3.8) is 0 Å². The van der Waals surface area contributed by atoms with Crippen LogP contribution in [0, 0.1) is 5.92 Å². The van der Waals surface area contributed by atoms with Crippen LogP contribution in [0.2, 0.25) is 0 Å². The van der Waals surface area contributed by atoms with E-state index in [0.717, 1.165) is 24.7 Å². The molecule has 6 nitrogen and oxygen atoms in total. The largest absolute Gasteiger partial charge is 0.497 e. The summed E-state index contributed by atoms with van der Waals surface area (Å²) in [6.45, 7) is 0. The molecule has 1 aliphatic carbocycles. The molecule has 0 spiro atoms. The summed E-state index contributed by atoms with van der Waals surface area (Å²) in [7, 11) is -5.88. The number of halogens is 1. The maximum atomic E-state index is 13.0. The average molecular weight is 474 g/mol. The second-order valence-corrected chi connectivity index (χ2v) is 11.1. The highest BCUT2D eigenvalue weighted by Gasteiger charge is 2.36. The Morgan fingerprint density at radius 1 is 1.07 bits per heavy atom. The Morgan fingerprint density at radius 3 is 2.22 bits per heavy atom. The molecule has 1 saturated carbocycles. The van der Waals surface area contributed by atoms with Gasteiger partial charge in [0, 0.05) is 16.8 Å². The van der Waals surface area contributed by atoms with Crippen LogP contribution in [0.1, 0.15) is 24.4 Å². The fourth-order valence-corrected chi connectivity index (χ4v) is 5.83. The van der Waals surface area contributed by atoms with Crippen LogP contribution in [0.3, 0.4) is 0 Å². The topological polar surface area (TPSA) is 89.5 Å². The summed E-state index contributed by atoms with van der Waals surface area (Å²) >= 11 is 3.22. The Hall–Kier alpha value is -1.42. The van der Waals surface area contributed by atoms with Gasteiger partial charge in [0.1, 0.15) is 5.75 Å². The number of methoxy groups -OCH3 is 1. The fraction of sp³-hybridized carbons (Fsp3) is 0.333. The van der Waals surface area contributed by atoms with E-state index in [4.69, 9.17) is 4.74 Å². The van der Waals surface area contributed by atoms with Crippen molar-refractivity contribution >= 4 is 35.8 Å². The smallest absolute Gasteiger partial charge is 0.242 e. The van der Waals surface area contributed by atoms with Gasteiger partial charge in [-0.2, -0.15) is 0 Å². The third-order valence-corrected chi connectivity index (χ3v) is 8.02. The molecule has 2 aromatic carbocycles. The number of hydrogen-bond donors (Lipinski definition) is 1. The zero-order chi connectivity index (χ0) is 19.8. The lowest BCUT2D eigenvalue weighted by atomic mass is 10.0. The van der Waals surface area contributed by atoms with E-state index < -0.39 is 19.9 Å². The minimum absolute atomic E-state index is 0.0431. The van der Waals surface area contributed by atoms with Gasteiger partial charge in [0.15, 0.2) is 9.84 Å². The molecular formula is C18H20BrNO5S2. The van der Waals surface area contributed by atoms with Gasteiger partial charge in [0.05, 0.1) is 16.9 Å². The predicted molar refractivity (Wildman–Crippen MR) is 106 cm³/mol. The van der Waals surface area contributed by atoms with Crippen LogP contribution in [0.4, 0.5) is 0 Å². The standard InChI is InChI=1S/C18H20BrNO5S2/c1-25-14-7-5-13(6-8-14)18(12-3-4-12)20-27(23,24)17-11-15(26(2,21)22)9-10-16(17)19/h5-12,18,20H,3-4H2,1-2H3. The first-order valence-corrected chi connectivity index (χ1v) is 12.4. The van der Waals surface area contributed by atoms with Crippen molar-refractivity contribution < 1.29 is 21.6 Å². The minimum Gasteiger partial charge on any atom is -0.497 e. The summed E-state index contributed by atoms with van der Waals surface area (Å²) in [5.41, 5.74) is 0.845. The maximum absolute atomic E-state index is 13.0. The normalized spacial score (nSPS) is 16.1. The van der Waals surface area contributed by atoms with Gasteiger partial charge in [-0.25, -0.2) is 21.6 Å². The van der Waals surface area contributed by atoms with Crippen molar-refractivity contribution in [1.82, 2.24) is 4.72 Å². The number of sulfonamides is 1. The second-order valence-electron chi connectivity index (χ2n) is 6.57. The van der Waals surface area contributed by atoms with E-state index in [1.165, 1.54) is 18.2 Å². The lowest BCUT2D eigenvalue weighted by Crippen LogP contribution is -2.30. The predicted octanol–water partition coefficient (Wildman–Crippen LogP) is 3.29. The lowest BCUT2D eigenvalue weighted by Gasteiger charge is -2.20. The van der Waals surface area contributed by atoms with Crippen molar-refractivity contribution in [3.8, 4) is 5.75 Å². The molecule has 0 aromatic heterocycles. The Kier molecular flexibility index (Phi) is 5.67. The van der Waals surface area contributed by atoms with Crippen LogP contribution in [0.5, 0.6) is 5.75 Å². The Balaban J connectivity index is 1.96. The quantitative estimate of drug-likeness (QED) is 0.665. The minimum atomic E-state index is -3.93. The number of rotatable bonds is 7. The van der Waals surface area contributed by atoms with Crippen LogP contribution in [0.25, 0.3) is 0 Å². The third-order valence-electron chi connectivity index (χ3n) is 4.47. The molecule has 0 bridgehead atoms. The van der Waals surface area contributed by atoms with Gasteiger partial charge in [-0.15, -0.1) is 0 Å².